The fraction of sp³-hybridized carbons (Fsp3) is 0.625. The van der Waals surface area contributed by atoms with Gasteiger partial charge in [-0.25, -0.2) is 0 Å². The number of fused-ring (bicyclic) bond motifs is 3. The first-order valence-electron chi connectivity index (χ1n) is 7.55. The molecule has 1 aromatic rings. The first-order chi connectivity index (χ1) is 9.70. The molecule has 2 atom stereocenters. The van der Waals surface area contributed by atoms with Crippen LogP contribution in [0, 0.1) is 5.92 Å². The van der Waals surface area contributed by atoms with E-state index in [0.717, 1.165) is 41.3 Å². The Labute approximate surface area is 129 Å². The van der Waals surface area contributed by atoms with Gasteiger partial charge in [-0.2, -0.15) is 0 Å². The molecule has 1 aliphatic heterocycles. The smallest absolute Gasteiger partial charge is 0.166 e. The van der Waals surface area contributed by atoms with Crippen molar-refractivity contribution in [3.05, 3.63) is 21.7 Å². The monoisotopic (exact) mass is 339 g/mol. The maximum absolute atomic E-state index is 5.96. The van der Waals surface area contributed by atoms with Gasteiger partial charge in [-0.05, 0) is 43.4 Å². The molecule has 1 heterocycles. The van der Waals surface area contributed by atoms with E-state index in [-0.39, 0.29) is 0 Å². The Morgan fingerprint density at radius 3 is 2.95 bits per heavy atom. The highest BCUT2D eigenvalue weighted by atomic mass is 79.9. The molecule has 0 saturated carbocycles. The van der Waals surface area contributed by atoms with Crippen LogP contribution in [-0.2, 0) is 6.42 Å². The normalized spacial score (nSPS) is 24.9. The van der Waals surface area contributed by atoms with E-state index in [9.17, 15) is 0 Å². The number of hydrogen-bond donors (Lipinski definition) is 1. The van der Waals surface area contributed by atoms with Crippen LogP contribution in [0.1, 0.15) is 43.9 Å². The summed E-state index contributed by atoms with van der Waals surface area (Å²) in [5, 5.41) is 3.63. The van der Waals surface area contributed by atoms with Gasteiger partial charge >= 0.3 is 0 Å². The van der Waals surface area contributed by atoms with Crippen molar-refractivity contribution in [1.82, 2.24) is 5.32 Å². The molecule has 4 heteroatoms. The van der Waals surface area contributed by atoms with Gasteiger partial charge in [-0.3, -0.25) is 0 Å². The van der Waals surface area contributed by atoms with Crippen LogP contribution in [-0.4, -0.2) is 19.8 Å². The molecule has 2 aliphatic rings. The number of ether oxygens (including phenoxy) is 2. The Balaban J connectivity index is 2.13. The average molecular weight is 340 g/mol. The van der Waals surface area contributed by atoms with Gasteiger partial charge in [0.15, 0.2) is 11.5 Å². The van der Waals surface area contributed by atoms with Crippen molar-refractivity contribution in [3.8, 4) is 11.5 Å². The molecule has 2 unspecified atom stereocenters. The number of rotatable bonds is 2. The zero-order chi connectivity index (χ0) is 14.1. The molecule has 3 nitrogen and oxygen atoms in total. The van der Waals surface area contributed by atoms with E-state index >= 15 is 0 Å². The lowest BCUT2D eigenvalue weighted by Gasteiger charge is -2.28. The van der Waals surface area contributed by atoms with Gasteiger partial charge in [-0.1, -0.05) is 29.8 Å². The zero-order valence-corrected chi connectivity index (χ0v) is 13.8. The predicted octanol–water partition coefficient (Wildman–Crippen LogP) is 3.84. The summed E-state index contributed by atoms with van der Waals surface area (Å²) in [7, 11) is 0. The van der Waals surface area contributed by atoms with Gasteiger partial charge in [0.05, 0.1) is 0 Å². The molecule has 0 fully saturated rings. The minimum absolute atomic E-state index is 0.362. The third kappa shape index (κ3) is 2.56. The Morgan fingerprint density at radius 1 is 1.35 bits per heavy atom. The summed E-state index contributed by atoms with van der Waals surface area (Å²) in [4.78, 5) is 0. The maximum Gasteiger partial charge on any atom is 0.166 e. The van der Waals surface area contributed by atoms with Gasteiger partial charge < -0.3 is 14.8 Å². The second-order valence-corrected chi connectivity index (χ2v) is 6.62. The van der Waals surface area contributed by atoms with Crippen LogP contribution in [0.15, 0.2) is 10.5 Å². The minimum atomic E-state index is 0.362. The van der Waals surface area contributed by atoms with Crippen molar-refractivity contribution in [1.29, 1.82) is 0 Å². The molecule has 0 spiro atoms. The van der Waals surface area contributed by atoms with Gasteiger partial charge in [0.1, 0.15) is 13.2 Å². The molecule has 0 amide bonds. The lowest BCUT2D eigenvalue weighted by atomic mass is 9.95. The van der Waals surface area contributed by atoms with Crippen LogP contribution in [0.4, 0.5) is 0 Å². The van der Waals surface area contributed by atoms with Gasteiger partial charge in [0, 0.05) is 16.1 Å². The molecule has 20 heavy (non-hydrogen) atoms. The topological polar surface area (TPSA) is 30.5 Å². The first kappa shape index (κ1) is 14.2. The number of nitrogens with one attached hydrogen (secondary N) is 1. The Bertz CT molecular complexity index is 504. The Kier molecular flexibility index (Phi) is 4.22. The molecule has 1 N–H and O–H groups in total. The number of hydrogen-bond acceptors (Lipinski definition) is 3. The van der Waals surface area contributed by atoms with E-state index in [1.54, 1.807) is 0 Å². The van der Waals surface area contributed by atoms with Crippen LogP contribution < -0.4 is 14.8 Å². The quantitative estimate of drug-likeness (QED) is 0.830. The highest BCUT2D eigenvalue weighted by molar-refractivity contribution is 9.10. The van der Waals surface area contributed by atoms with Crippen molar-refractivity contribution in [3.63, 3.8) is 0 Å². The predicted molar refractivity (Wildman–Crippen MR) is 83.7 cm³/mol. The highest BCUT2D eigenvalue weighted by Crippen LogP contribution is 2.46. The summed E-state index contributed by atoms with van der Waals surface area (Å²) in [6.45, 7) is 6.76. The van der Waals surface area contributed by atoms with Crippen molar-refractivity contribution < 1.29 is 9.47 Å². The Morgan fingerprint density at radius 2 is 2.15 bits per heavy atom. The maximum atomic E-state index is 5.96. The molecule has 1 aromatic carbocycles. The summed E-state index contributed by atoms with van der Waals surface area (Å²) in [6.07, 6.45) is 3.50. The number of halogens is 1. The third-order valence-electron chi connectivity index (χ3n) is 4.25. The molecule has 3 rings (SSSR count). The average Bonchev–Trinajstić information content (AvgIpc) is 2.60. The molecular formula is C16H22BrNO2. The van der Waals surface area contributed by atoms with E-state index in [0.29, 0.717) is 19.3 Å². The number of benzene rings is 1. The molecule has 0 aromatic heterocycles. The fourth-order valence-corrected chi connectivity index (χ4v) is 3.92. The van der Waals surface area contributed by atoms with Gasteiger partial charge in [0.25, 0.3) is 0 Å². The summed E-state index contributed by atoms with van der Waals surface area (Å²) in [5.41, 5.74) is 2.71. The molecule has 0 bridgehead atoms. The summed E-state index contributed by atoms with van der Waals surface area (Å²) in [6, 6.07) is 2.44. The third-order valence-corrected chi connectivity index (χ3v) is 4.96. The highest BCUT2D eigenvalue weighted by Gasteiger charge is 2.30. The largest absolute Gasteiger partial charge is 0.486 e. The lowest BCUT2D eigenvalue weighted by Crippen LogP contribution is -2.25. The molecule has 1 aliphatic carbocycles. The lowest BCUT2D eigenvalue weighted by molar-refractivity contribution is 0.168. The molecule has 110 valence electrons. The van der Waals surface area contributed by atoms with Crippen molar-refractivity contribution in [2.24, 2.45) is 5.92 Å². The summed E-state index contributed by atoms with van der Waals surface area (Å²) in [5.74, 6) is 2.58. The van der Waals surface area contributed by atoms with Crippen molar-refractivity contribution in [2.45, 2.75) is 39.2 Å². The van der Waals surface area contributed by atoms with Crippen LogP contribution >= 0.6 is 15.9 Å². The van der Waals surface area contributed by atoms with Gasteiger partial charge in [-0.15, -0.1) is 0 Å². The van der Waals surface area contributed by atoms with Crippen LogP contribution in [0.3, 0.4) is 0 Å². The van der Waals surface area contributed by atoms with Crippen LogP contribution in [0.25, 0.3) is 0 Å². The molecular weight excluding hydrogens is 318 g/mol. The minimum Gasteiger partial charge on any atom is -0.486 e. The zero-order valence-electron chi connectivity index (χ0n) is 12.2. The molecule has 0 radical (unpaired) electrons. The van der Waals surface area contributed by atoms with E-state index in [1.165, 1.54) is 17.5 Å². The second kappa shape index (κ2) is 5.94. The van der Waals surface area contributed by atoms with E-state index in [4.69, 9.17) is 9.47 Å². The summed E-state index contributed by atoms with van der Waals surface area (Å²) >= 11 is 3.73. The van der Waals surface area contributed by atoms with Gasteiger partial charge in [0.2, 0.25) is 0 Å². The fourth-order valence-electron chi connectivity index (χ4n) is 3.30. The Hall–Kier alpha value is -0.740. The summed E-state index contributed by atoms with van der Waals surface area (Å²) < 4.78 is 12.9. The van der Waals surface area contributed by atoms with Crippen LogP contribution in [0.5, 0.6) is 11.5 Å². The van der Waals surface area contributed by atoms with E-state index in [1.807, 2.05) is 0 Å². The van der Waals surface area contributed by atoms with Crippen molar-refractivity contribution in [2.75, 3.05) is 19.8 Å². The van der Waals surface area contributed by atoms with E-state index in [2.05, 4.69) is 41.2 Å². The standard InChI is InChI=1S/C16H22BrNO2/c1-3-18-13-8-10(2)4-5-11-12(17)9-14-16(15(11)13)20-7-6-19-14/h9-10,13,18H,3-8H2,1-2H3. The molecule has 0 saturated heterocycles. The second-order valence-electron chi connectivity index (χ2n) is 5.76. The SMILES string of the molecule is CCNC1CC(C)CCc2c(Br)cc3c(c21)OCCO3. The first-order valence-corrected chi connectivity index (χ1v) is 8.34. The van der Waals surface area contributed by atoms with E-state index < -0.39 is 0 Å². The van der Waals surface area contributed by atoms with Crippen LogP contribution in [0.2, 0.25) is 0 Å². The van der Waals surface area contributed by atoms with Crippen molar-refractivity contribution >= 4 is 15.9 Å².